The first-order valence-electron chi connectivity index (χ1n) is 9.86. The minimum atomic E-state index is -0.215. The molecule has 29 heavy (non-hydrogen) atoms. The number of hydrogen-bond acceptors (Lipinski definition) is 5. The number of aromatic nitrogens is 2. The van der Waals surface area contributed by atoms with Gasteiger partial charge in [0.25, 0.3) is 0 Å². The molecule has 152 valence electrons. The number of benzene rings is 2. The normalized spacial score (nSPS) is 15.5. The van der Waals surface area contributed by atoms with Crippen molar-refractivity contribution in [2.24, 2.45) is 0 Å². The molecule has 7 heteroatoms. The second kappa shape index (κ2) is 8.80. The first-order valence-corrected chi connectivity index (χ1v) is 10.6. The average Bonchev–Trinajstić information content (AvgIpc) is 3.04. The van der Waals surface area contributed by atoms with Crippen LogP contribution in [-0.2, 0) is 13.1 Å². The fourth-order valence-electron chi connectivity index (χ4n) is 3.89. The van der Waals surface area contributed by atoms with Crippen LogP contribution < -0.4 is 15.3 Å². The van der Waals surface area contributed by atoms with Crippen LogP contribution in [0.2, 0.25) is 0 Å². The average molecular weight is 412 g/mol. The van der Waals surface area contributed by atoms with Crippen LogP contribution in [0.4, 0.5) is 0 Å². The van der Waals surface area contributed by atoms with E-state index in [1.54, 1.807) is 11.1 Å². The van der Waals surface area contributed by atoms with Crippen molar-refractivity contribution in [3.8, 4) is 5.75 Å². The smallest absolute Gasteiger partial charge is 0.341 e. The van der Waals surface area contributed by atoms with Crippen LogP contribution >= 0.6 is 11.5 Å². The van der Waals surface area contributed by atoms with E-state index in [1.165, 1.54) is 10.1 Å². The number of para-hydroxylation sites is 1. The second-order valence-electron chi connectivity index (χ2n) is 7.36. The minimum Gasteiger partial charge on any atom is -0.496 e. The van der Waals surface area contributed by atoms with E-state index in [-0.39, 0.29) is 23.1 Å². The monoisotopic (exact) mass is 411 g/mol. The fraction of sp³-hybridized carbons (Fsp3) is 0.364. The summed E-state index contributed by atoms with van der Waals surface area (Å²) in [4.78, 5) is 27.7. The Kier molecular flexibility index (Phi) is 5.97. The van der Waals surface area contributed by atoms with Gasteiger partial charge in [-0.25, -0.2) is 13.3 Å². The van der Waals surface area contributed by atoms with Crippen molar-refractivity contribution in [1.29, 1.82) is 0 Å². The molecule has 0 saturated carbocycles. The van der Waals surface area contributed by atoms with Gasteiger partial charge in [-0.15, -0.1) is 0 Å². The number of rotatable bonds is 6. The summed E-state index contributed by atoms with van der Waals surface area (Å²) in [5.41, 5.74) is 1.92. The van der Waals surface area contributed by atoms with Gasteiger partial charge in [0, 0.05) is 36.7 Å². The summed E-state index contributed by atoms with van der Waals surface area (Å²) in [5, 5.41) is 0. The highest BCUT2D eigenvalue weighted by Crippen LogP contribution is 2.23. The van der Waals surface area contributed by atoms with Crippen molar-refractivity contribution in [2.75, 3.05) is 20.2 Å². The Bertz CT molecular complexity index is 1060. The van der Waals surface area contributed by atoms with E-state index in [9.17, 15) is 9.59 Å². The van der Waals surface area contributed by atoms with Gasteiger partial charge in [-0.1, -0.05) is 48.5 Å². The lowest BCUT2D eigenvalue weighted by Gasteiger charge is -2.31. The summed E-state index contributed by atoms with van der Waals surface area (Å²) in [5.74, 6) is 0.686. The molecule has 4 rings (SSSR count). The van der Waals surface area contributed by atoms with E-state index < -0.39 is 0 Å². The molecule has 6 nitrogen and oxygen atoms in total. The lowest BCUT2D eigenvalue weighted by molar-refractivity contribution is 0.182. The topological polar surface area (TPSA) is 56.5 Å². The third kappa shape index (κ3) is 4.36. The predicted molar refractivity (Wildman–Crippen MR) is 115 cm³/mol. The maximum Gasteiger partial charge on any atom is 0.341 e. The highest BCUT2D eigenvalue weighted by molar-refractivity contribution is 7.03. The second-order valence-corrected chi connectivity index (χ2v) is 8.28. The standard InChI is InChI=1S/C22H25N3O3S/c1-28-20-10-6-5-9-18(20)16-24-21(26)25(29-22(24)27)19-11-13-23(14-12-19)15-17-7-3-2-4-8-17/h2-10,19H,11-16H2,1H3. The molecule has 0 unspecified atom stereocenters. The molecule has 0 spiro atoms. The molecule has 1 fully saturated rings. The SMILES string of the molecule is COc1ccccc1Cn1c(=O)sn(C2CCN(Cc3ccccc3)CC2)c1=O. The Hall–Kier alpha value is -2.64. The Labute approximate surface area is 173 Å². The zero-order valence-electron chi connectivity index (χ0n) is 16.5. The Morgan fingerprint density at radius 3 is 2.38 bits per heavy atom. The first-order chi connectivity index (χ1) is 14.2. The molecule has 1 aliphatic heterocycles. The van der Waals surface area contributed by atoms with Crippen molar-refractivity contribution in [2.45, 2.75) is 32.0 Å². The third-order valence-electron chi connectivity index (χ3n) is 5.47. The number of ether oxygens (including phenoxy) is 1. The van der Waals surface area contributed by atoms with Crippen molar-refractivity contribution in [3.63, 3.8) is 0 Å². The third-order valence-corrected chi connectivity index (χ3v) is 6.50. The summed E-state index contributed by atoms with van der Waals surface area (Å²) in [6.07, 6.45) is 1.75. The molecule has 0 atom stereocenters. The maximum absolute atomic E-state index is 12.9. The van der Waals surface area contributed by atoms with Crippen LogP contribution in [0.5, 0.6) is 5.75 Å². The van der Waals surface area contributed by atoms with Gasteiger partial charge in [0.05, 0.1) is 19.7 Å². The molecule has 0 N–H and O–H groups in total. The largest absolute Gasteiger partial charge is 0.496 e. The molecule has 2 heterocycles. The van der Waals surface area contributed by atoms with E-state index in [2.05, 4.69) is 29.2 Å². The van der Waals surface area contributed by atoms with Gasteiger partial charge in [0.2, 0.25) is 0 Å². The molecule has 0 amide bonds. The van der Waals surface area contributed by atoms with Gasteiger partial charge in [-0.3, -0.25) is 9.69 Å². The van der Waals surface area contributed by atoms with E-state index >= 15 is 0 Å². The fourth-order valence-corrected chi connectivity index (χ4v) is 4.84. The van der Waals surface area contributed by atoms with Crippen LogP contribution in [0.1, 0.15) is 30.0 Å². The number of hydrogen-bond donors (Lipinski definition) is 0. The summed E-state index contributed by atoms with van der Waals surface area (Å²) in [7, 11) is 1.59. The quantitative estimate of drug-likeness (QED) is 0.626. The Morgan fingerprint density at radius 1 is 0.966 bits per heavy atom. The molecular weight excluding hydrogens is 386 g/mol. The van der Waals surface area contributed by atoms with Gasteiger partial charge < -0.3 is 4.74 Å². The number of nitrogens with zero attached hydrogens (tertiary/aromatic N) is 3. The van der Waals surface area contributed by atoms with Crippen LogP contribution in [0.25, 0.3) is 0 Å². The van der Waals surface area contributed by atoms with Crippen molar-refractivity contribution in [1.82, 2.24) is 13.4 Å². The molecular formula is C22H25N3O3S. The summed E-state index contributed by atoms with van der Waals surface area (Å²) >= 11 is 1.04. The number of methoxy groups -OCH3 is 1. The molecule has 0 aliphatic carbocycles. The van der Waals surface area contributed by atoms with E-state index in [1.807, 2.05) is 30.3 Å². The summed E-state index contributed by atoms with van der Waals surface area (Å²) in [6.45, 7) is 3.00. The summed E-state index contributed by atoms with van der Waals surface area (Å²) < 4.78 is 8.35. The predicted octanol–water partition coefficient (Wildman–Crippen LogP) is 2.97. The van der Waals surface area contributed by atoms with Crippen LogP contribution in [0.15, 0.2) is 64.2 Å². The Balaban J connectivity index is 1.46. The van der Waals surface area contributed by atoms with Gasteiger partial charge in [-0.2, -0.15) is 0 Å². The highest BCUT2D eigenvalue weighted by atomic mass is 32.1. The van der Waals surface area contributed by atoms with Gasteiger partial charge in [-0.05, 0) is 24.5 Å². The van der Waals surface area contributed by atoms with E-state index in [4.69, 9.17) is 4.74 Å². The highest BCUT2D eigenvalue weighted by Gasteiger charge is 2.24. The summed E-state index contributed by atoms with van der Waals surface area (Å²) in [6, 6.07) is 18.0. The van der Waals surface area contributed by atoms with Gasteiger partial charge in [0.15, 0.2) is 0 Å². The van der Waals surface area contributed by atoms with Crippen LogP contribution in [-0.4, -0.2) is 33.6 Å². The van der Waals surface area contributed by atoms with Gasteiger partial charge >= 0.3 is 10.6 Å². The lowest BCUT2D eigenvalue weighted by atomic mass is 10.0. The molecule has 2 aromatic carbocycles. The molecule has 0 radical (unpaired) electrons. The molecule has 0 bridgehead atoms. The number of likely N-dealkylation sites (tertiary alicyclic amines) is 1. The van der Waals surface area contributed by atoms with Crippen molar-refractivity contribution in [3.05, 3.63) is 85.9 Å². The Morgan fingerprint density at radius 2 is 1.66 bits per heavy atom. The lowest BCUT2D eigenvalue weighted by Crippen LogP contribution is -2.37. The van der Waals surface area contributed by atoms with Crippen LogP contribution in [0, 0.1) is 0 Å². The van der Waals surface area contributed by atoms with E-state index in [0.717, 1.165) is 49.6 Å². The van der Waals surface area contributed by atoms with Crippen molar-refractivity contribution >= 4 is 11.5 Å². The molecule has 3 aromatic rings. The van der Waals surface area contributed by atoms with Crippen LogP contribution in [0.3, 0.4) is 0 Å². The van der Waals surface area contributed by atoms with Crippen molar-refractivity contribution < 1.29 is 4.74 Å². The maximum atomic E-state index is 12.9. The minimum absolute atomic E-state index is 0.0890. The first kappa shape index (κ1) is 19.7. The zero-order valence-corrected chi connectivity index (χ0v) is 17.3. The molecule has 1 saturated heterocycles. The number of piperidine rings is 1. The van der Waals surface area contributed by atoms with Gasteiger partial charge in [0.1, 0.15) is 5.75 Å². The zero-order chi connectivity index (χ0) is 20.2. The molecule has 1 aliphatic rings. The van der Waals surface area contributed by atoms with E-state index in [0.29, 0.717) is 5.75 Å². The molecule has 1 aromatic heterocycles.